The van der Waals surface area contributed by atoms with E-state index in [9.17, 15) is 5.11 Å². The number of hydrogen-bond acceptors (Lipinski definition) is 6. The highest BCUT2D eigenvalue weighted by Gasteiger charge is 2.34. The van der Waals surface area contributed by atoms with Crippen LogP contribution in [0.5, 0.6) is 0 Å². The average Bonchev–Trinajstić information content (AvgIpc) is 2.49. The molecule has 1 aromatic rings. The summed E-state index contributed by atoms with van der Waals surface area (Å²) in [5.74, 6) is 1.78. The molecule has 3 heterocycles. The van der Waals surface area contributed by atoms with E-state index in [-0.39, 0.29) is 12.4 Å². The van der Waals surface area contributed by atoms with E-state index < -0.39 is 5.60 Å². The van der Waals surface area contributed by atoms with Gasteiger partial charge in [0.1, 0.15) is 11.6 Å². The van der Waals surface area contributed by atoms with E-state index in [1.165, 1.54) is 0 Å². The molecule has 0 spiro atoms. The predicted octanol–water partition coefficient (Wildman–Crippen LogP) is 0.443. The molecule has 1 aromatic heterocycles. The third kappa shape index (κ3) is 4.29. The Morgan fingerprint density at radius 2 is 1.91 bits per heavy atom. The third-order valence-corrected chi connectivity index (χ3v) is 4.51. The Kier molecular flexibility index (Phi) is 5.97. The van der Waals surface area contributed by atoms with E-state index in [0.717, 1.165) is 70.3 Å². The van der Waals surface area contributed by atoms with Crippen molar-refractivity contribution in [1.82, 2.24) is 20.2 Å². The van der Waals surface area contributed by atoms with Gasteiger partial charge in [-0.05, 0) is 25.8 Å². The van der Waals surface area contributed by atoms with Crippen molar-refractivity contribution in [2.75, 3.05) is 50.7 Å². The summed E-state index contributed by atoms with van der Waals surface area (Å²) < 4.78 is 0. The highest BCUT2D eigenvalue weighted by molar-refractivity contribution is 5.85. The third-order valence-electron chi connectivity index (χ3n) is 4.51. The van der Waals surface area contributed by atoms with Crippen LogP contribution in [0.2, 0.25) is 0 Å². The van der Waals surface area contributed by atoms with Crippen molar-refractivity contribution >= 4 is 18.2 Å². The molecule has 2 aliphatic rings. The molecule has 0 bridgehead atoms. The largest absolute Gasteiger partial charge is 0.388 e. The van der Waals surface area contributed by atoms with Gasteiger partial charge in [-0.15, -0.1) is 12.4 Å². The number of aryl methyl sites for hydroxylation is 1. The zero-order chi connectivity index (χ0) is 14.7. The predicted molar refractivity (Wildman–Crippen MR) is 89.7 cm³/mol. The molecule has 2 N–H and O–H groups in total. The molecule has 0 radical (unpaired) electrons. The molecular formula is C15H26ClN5O. The lowest BCUT2D eigenvalue weighted by atomic mass is 9.90. The first-order chi connectivity index (χ1) is 10.1. The average molecular weight is 328 g/mol. The van der Waals surface area contributed by atoms with Crippen LogP contribution in [-0.4, -0.2) is 71.4 Å². The SMILES string of the molecule is Cc1nccc(N2CCC(O)(CN3CCNCC3)CC2)n1.Cl. The highest BCUT2D eigenvalue weighted by Crippen LogP contribution is 2.26. The van der Waals surface area contributed by atoms with E-state index in [4.69, 9.17) is 0 Å². The monoisotopic (exact) mass is 327 g/mol. The zero-order valence-electron chi connectivity index (χ0n) is 13.2. The van der Waals surface area contributed by atoms with E-state index in [1.807, 2.05) is 13.0 Å². The number of nitrogens with one attached hydrogen (secondary N) is 1. The molecule has 2 saturated heterocycles. The van der Waals surface area contributed by atoms with Gasteiger partial charge < -0.3 is 15.3 Å². The first kappa shape index (κ1) is 17.4. The molecule has 22 heavy (non-hydrogen) atoms. The Balaban J connectivity index is 0.00000176. The summed E-state index contributed by atoms with van der Waals surface area (Å²) in [7, 11) is 0. The summed E-state index contributed by atoms with van der Waals surface area (Å²) in [5, 5.41) is 14.2. The summed E-state index contributed by atoms with van der Waals surface area (Å²) in [6.45, 7) is 8.57. The van der Waals surface area contributed by atoms with E-state index >= 15 is 0 Å². The number of hydrogen-bond donors (Lipinski definition) is 2. The van der Waals surface area contributed by atoms with Crippen LogP contribution in [0.4, 0.5) is 5.82 Å². The first-order valence-corrected chi connectivity index (χ1v) is 7.85. The van der Waals surface area contributed by atoms with Gasteiger partial charge in [-0.3, -0.25) is 4.90 Å². The van der Waals surface area contributed by atoms with Crippen molar-refractivity contribution < 1.29 is 5.11 Å². The number of β-amino-alcohol motifs (C(OH)–C–C–N with tert-alkyl or cyclic N) is 1. The second kappa shape index (κ2) is 7.55. The number of anilines is 1. The van der Waals surface area contributed by atoms with Gasteiger partial charge in [0.05, 0.1) is 5.60 Å². The second-order valence-corrected chi connectivity index (χ2v) is 6.20. The zero-order valence-corrected chi connectivity index (χ0v) is 14.0. The Morgan fingerprint density at radius 1 is 1.23 bits per heavy atom. The molecule has 0 aromatic carbocycles. The van der Waals surface area contributed by atoms with Crippen LogP contribution in [0.25, 0.3) is 0 Å². The Bertz CT molecular complexity index is 473. The van der Waals surface area contributed by atoms with E-state index in [0.29, 0.717) is 0 Å². The van der Waals surface area contributed by atoms with Crippen LogP contribution in [0.1, 0.15) is 18.7 Å². The summed E-state index contributed by atoms with van der Waals surface area (Å²) in [6.07, 6.45) is 3.42. The Morgan fingerprint density at radius 3 is 2.55 bits per heavy atom. The van der Waals surface area contributed by atoms with E-state index in [2.05, 4.69) is 25.1 Å². The molecule has 2 aliphatic heterocycles. The normalized spacial score (nSPS) is 22.2. The minimum atomic E-state index is -0.546. The van der Waals surface area contributed by atoms with Crippen molar-refractivity contribution in [2.24, 2.45) is 0 Å². The summed E-state index contributed by atoms with van der Waals surface area (Å²) >= 11 is 0. The fraction of sp³-hybridized carbons (Fsp3) is 0.733. The summed E-state index contributed by atoms with van der Waals surface area (Å²) in [5.41, 5.74) is -0.546. The van der Waals surface area contributed by atoms with Gasteiger partial charge in [0.25, 0.3) is 0 Å². The molecule has 0 unspecified atom stereocenters. The lowest BCUT2D eigenvalue weighted by molar-refractivity contribution is -0.0186. The number of piperazine rings is 1. The minimum Gasteiger partial charge on any atom is -0.388 e. The maximum atomic E-state index is 10.8. The van der Waals surface area contributed by atoms with Gasteiger partial charge in [0.15, 0.2) is 0 Å². The smallest absolute Gasteiger partial charge is 0.132 e. The maximum absolute atomic E-state index is 10.8. The van der Waals surface area contributed by atoms with Gasteiger partial charge in [-0.25, -0.2) is 9.97 Å². The van der Waals surface area contributed by atoms with Crippen molar-refractivity contribution in [2.45, 2.75) is 25.4 Å². The molecule has 6 nitrogen and oxygen atoms in total. The molecular weight excluding hydrogens is 302 g/mol. The van der Waals surface area contributed by atoms with Crippen LogP contribution < -0.4 is 10.2 Å². The maximum Gasteiger partial charge on any atom is 0.132 e. The highest BCUT2D eigenvalue weighted by atomic mass is 35.5. The number of aromatic nitrogens is 2. The molecule has 124 valence electrons. The van der Waals surface area contributed by atoms with Crippen molar-refractivity contribution in [3.8, 4) is 0 Å². The van der Waals surface area contributed by atoms with Crippen LogP contribution in [0.15, 0.2) is 12.3 Å². The quantitative estimate of drug-likeness (QED) is 0.840. The number of rotatable bonds is 3. The molecule has 0 saturated carbocycles. The van der Waals surface area contributed by atoms with Gasteiger partial charge in [0, 0.05) is 52.0 Å². The lowest BCUT2D eigenvalue weighted by Gasteiger charge is -2.42. The fourth-order valence-electron chi connectivity index (χ4n) is 3.22. The number of piperidine rings is 1. The van der Waals surface area contributed by atoms with Crippen LogP contribution in [-0.2, 0) is 0 Å². The second-order valence-electron chi connectivity index (χ2n) is 6.20. The van der Waals surface area contributed by atoms with E-state index in [1.54, 1.807) is 6.20 Å². The van der Waals surface area contributed by atoms with Crippen molar-refractivity contribution in [3.05, 3.63) is 18.1 Å². The minimum absolute atomic E-state index is 0. The van der Waals surface area contributed by atoms with Crippen molar-refractivity contribution in [1.29, 1.82) is 0 Å². The Labute approximate surface area is 138 Å². The van der Waals surface area contributed by atoms with Gasteiger partial charge in [-0.1, -0.05) is 0 Å². The molecule has 0 amide bonds. The van der Waals surface area contributed by atoms with Crippen LogP contribution in [0, 0.1) is 6.92 Å². The first-order valence-electron chi connectivity index (χ1n) is 7.85. The lowest BCUT2D eigenvalue weighted by Crippen LogP contribution is -2.54. The molecule has 3 rings (SSSR count). The molecule has 0 aliphatic carbocycles. The van der Waals surface area contributed by atoms with Gasteiger partial charge in [0.2, 0.25) is 0 Å². The van der Waals surface area contributed by atoms with Crippen LogP contribution in [0.3, 0.4) is 0 Å². The van der Waals surface area contributed by atoms with Crippen LogP contribution >= 0.6 is 12.4 Å². The number of aliphatic hydroxyl groups is 1. The molecule has 7 heteroatoms. The number of halogens is 1. The molecule has 0 atom stereocenters. The number of nitrogens with zero attached hydrogens (tertiary/aromatic N) is 4. The van der Waals surface area contributed by atoms with Gasteiger partial charge >= 0.3 is 0 Å². The molecule has 2 fully saturated rings. The standard InChI is InChI=1S/C15H25N5O.ClH/c1-13-17-5-2-14(18-13)20-8-3-15(21,4-9-20)12-19-10-6-16-7-11-19;/h2,5,16,21H,3-4,6-12H2,1H3;1H. The summed E-state index contributed by atoms with van der Waals surface area (Å²) in [6, 6.07) is 1.95. The summed E-state index contributed by atoms with van der Waals surface area (Å²) in [4.78, 5) is 13.2. The Hall–Kier alpha value is -0.950. The fourth-order valence-corrected chi connectivity index (χ4v) is 3.22. The van der Waals surface area contributed by atoms with Crippen molar-refractivity contribution in [3.63, 3.8) is 0 Å². The topological polar surface area (TPSA) is 64.5 Å². The van der Waals surface area contributed by atoms with Gasteiger partial charge in [-0.2, -0.15) is 0 Å².